The molecule has 6 heteroatoms. The molecular weight excluding hydrogens is 343 g/mol. The van der Waals surface area contributed by atoms with Crippen molar-refractivity contribution in [3.05, 3.63) is 64.1 Å². The molecule has 2 aromatic rings. The number of likely N-dealkylation sites (N-methyl/N-ethyl adjacent to an activating group) is 1. The van der Waals surface area contributed by atoms with Crippen LogP contribution < -0.4 is 10.2 Å². The Balaban J connectivity index is 0.00000242. The standard InChI is InChI=1S/C16H16Cl2N2O.ClH/c1-20(13-5-3-2-4-6-13)16(21)11-19-10-12-7-8-14(17)15(18)9-12;/h2-9,19H,10-11H2,1H3;1H. The van der Waals surface area contributed by atoms with Crippen molar-refractivity contribution in [3.63, 3.8) is 0 Å². The molecule has 118 valence electrons. The van der Waals surface area contributed by atoms with Gasteiger partial charge in [0.05, 0.1) is 16.6 Å². The van der Waals surface area contributed by atoms with E-state index in [1.807, 2.05) is 36.4 Å². The third-order valence-electron chi connectivity index (χ3n) is 3.11. The molecule has 0 fully saturated rings. The Hall–Kier alpha value is -1.26. The molecule has 0 atom stereocenters. The molecule has 0 heterocycles. The van der Waals surface area contributed by atoms with E-state index in [1.54, 1.807) is 24.1 Å². The van der Waals surface area contributed by atoms with Gasteiger partial charge in [-0.1, -0.05) is 47.5 Å². The normalized spacial score (nSPS) is 9.95. The molecule has 2 aromatic carbocycles. The largest absolute Gasteiger partial charge is 0.314 e. The number of halogens is 3. The van der Waals surface area contributed by atoms with Crippen LogP contribution in [0.3, 0.4) is 0 Å². The van der Waals surface area contributed by atoms with Gasteiger partial charge in [0, 0.05) is 19.3 Å². The molecule has 0 aromatic heterocycles. The molecular formula is C16H17Cl3N2O. The van der Waals surface area contributed by atoms with E-state index in [0.29, 0.717) is 16.6 Å². The van der Waals surface area contributed by atoms with Gasteiger partial charge in [-0.15, -0.1) is 12.4 Å². The first-order valence-electron chi connectivity index (χ1n) is 6.54. The SMILES string of the molecule is CN(C(=O)CNCc1ccc(Cl)c(Cl)c1)c1ccccc1.Cl. The molecule has 0 unspecified atom stereocenters. The van der Waals surface area contributed by atoms with Crippen molar-refractivity contribution in [2.24, 2.45) is 0 Å². The summed E-state index contributed by atoms with van der Waals surface area (Å²) in [6, 6.07) is 15.0. The zero-order chi connectivity index (χ0) is 15.2. The van der Waals surface area contributed by atoms with E-state index < -0.39 is 0 Å². The maximum atomic E-state index is 12.1. The van der Waals surface area contributed by atoms with Crippen molar-refractivity contribution in [1.82, 2.24) is 5.32 Å². The summed E-state index contributed by atoms with van der Waals surface area (Å²) in [7, 11) is 1.76. The zero-order valence-electron chi connectivity index (χ0n) is 12.1. The molecule has 0 aliphatic carbocycles. The molecule has 1 amide bonds. The van der Waals surface area contributed by atoms with Gasteiger partial charge in [0.25, 0.3) is 0 Å². The molecule has 0 radical (unpaired) electrons. The number of nitrogens with one attached hydrogen (secondary N) is 1. The Kier molecular flexibility index (Phi) is 7.69. The second-order valence-electron chi connectivity index (χ2n) is 4.64. The molecule has 22 heavy (non-hydrogen) atoms. The highest BCUT2D eigenvalue weighted by molar-refractivity contribution is 6.42. The minimum Gasteiger partial charge on any atom is -0.314 e. The van der Waals surface area contributed by atoms with Crippen LogP contribution in [-0.4, -0.2) is 19.5 Å². The maximum Gasteiger partial charge on any atom is 0.240 e. The number of hydrogen-bond donors (Lipinski definition) is 1. The second-order valence-corrected chi connectivity index (χ2v) is 5.45. The van der Waals surface area contributed by atoms with E-state index in [9.17, 15) is 4.79 Å². The summed E-state index contributed by atoms with van der Waals surface area (Å²) in [4.78, 5) is 13.7. The van der Waals surface area contributed by atoms with E-state index in [0.717, 1.165) is 11.3 Å². The van der Waals surface area contributed by atoms with Gasteiger partial charge in [0.2, 0.25) is 5.91 Å². The van der Waals surface area contributed by atoms with Crippen LogP contribution in [0, 0.1) is 0 Å². The second kappa shape index (κ2) is 9.01. The smallest absolute Gasteiger partial charge is 0.240 e. The van der Waals surface area contributed by atoms with Crippen LogP contribution in [0.25, 0.3) is 0 Å². The monoisotopic (exact) mass is 358 g/mol. The number of anilines is 1. The number of carbonyl (C=O) groups is 1. The van der Waals surface area contributed by atoms with Gasteiger partial charge in [-0.2, -0.15) is 0 Å². The quantitative estimate of drug-likeness (QED) is 0.869. The van der Waals surface area contributed by atoms with Gasteiger partial charge in [-0.25, -0.2) is 0 Å². The molecule has 0 saturated carbocycles. The number of nitrogens with zero attached hydrogens (tertiary/aromatic N) is 1. The topological polar surface area (TPSA) is 32.3 Å². The Morgan fingerprint density at radius 2 is 1.77 bits per heavy atom. The van der Waals surface area contributed by atoms with E-state index in [2.05, 4.69) is 5.32 Å². The van der Waals surface area contributed by atoms with Crippen LogP contribution in [-0.2, 0) is 11.3 Å². The van der Waals surface area contributed by atoms with Crippen molar-refractivity contribution in [2.45, 2.75) is 6.54 Å². The van der Waals surface area contributed by atoms with E-state index in [1.165, 1.54) is 0 Å². The van der Waals surface area contributed by atoms with Crippen LogP contribution in [0.2, 0.25) is 10.0 Å². The van der Waals surface area contributed by atoms with Crippen LogP contribution in [0.4, 0.5) is 5.69 Å². The summed E-state index contributed by atoms with van der Waals surface area (Å²) in [6.07, 6.45) is 0. The summed E-state index contributed by atoms with van der Waals surface area (Å²) in [5.74, 6) is 0.00117. The number of carbonyl (C=O) groups excluding carboxylic acids is 1. The van der Waals surface area contributed by atoms with Crippen LogP contribution in [0.5, 0.6) is 0 Å². The first-order valence-corrected chi connectivity index (χ1v) is 7.30. The summed E-state index contributed by atoms with van der Waals surface area (Å²) >= 11 is 11.8. The molecule has 3 nitrogen and oxygen atoms in total. The van der Waals surface area contributed by atoms with Crippen molar-refractivity contribution < 1.29 is 4.79 Å². The molecule has 1 N–H and O–H groups in total. The highest BCUT2D eigenvalue weighted by atomic mass is 35.5. The van der Waals surface area contributed by atoms with Gasteiger partial charge >= 0.3 is 0 Å². The minimum absolute atomic E-state index is 0. The van der Waals surface area contributed by atoms with Crippen molar-refractivity contribution in [1.29, 1.82) is 0 Å². The summed E-state index contributed by atoms with van der Waals surface area (Å²) < 4.78 is 0. The summed E-state index contributed by atoms with van der Waals surface area (Å²) in [6.45, 7) is 0.816. The van der Waals surface area contributed by atoms with Crippen LogP contribution in [0.1, 0.15) is 5.56 Å². The Morgan fingerprint density at radius 3 is 2.41 bits per heavy atom. The molecule has 0 bridgehead atoms. The Bertz CT molecular complexity index is 620. The van der Waals surface area contributed by atoms with E-state index in [4.69, 9.17) is 23.2 Å². The lowest BCUT2D eigenvalue weighted by Crippen LogP contribution is -2.35. The number of hydrogen-bond acceptors (Lipinski definition) is 2. The lowest BCUT2D eigenvalue weighted by atomic mass is 10.2. The summed E-state index contributed by atoms with van der Waals surface area (Å²) in [5, 5.41) is 4.15. The number of benzene rings is 2. The Labute approximate surface area is 146 Å². The van der Waals surface area contributed by atoms with Gasteiger partial charge in [0.15, 0.2) is 0 Å². The Morgan fingerprint density at radius 1 is 1.09 bits per heavy atom. The first kappa shape index (κ1) is 18.8. The molecule has 0 aliphatic heterocycles. The summed E-state index contributed by atoms with van der Waals surface area (Å²) in [5.41, 5.74) is 1.86. The third-order valence-corrected chi connectivity index (χ3v) is 3.85. The number of amides is 1. The predicted molar refractivity (Wildman–Crippen MR) is 95.3 cm³/mol. The predicted octanol–water partition coefficient (Wildman–Crippen LogP) is 4.17. The maximum absolute atomic E-state index is 12.1. The molecule has 0 spiro atoms. The molecule has 0 aliphatic rings. The van der Waals surface area contributed by atoms with Gasteiger partial charge < -0.3 is 10.2 Å². The van der Waals surface area contributed by atoms with Crippen LogP contribution in [0.15, 0.2) is 48.5 Å². The lowest BCUT2D eigenvalue weighted by Gasteiger charge is -2.17. The van der Waals surface area contributed by atoms with Gasteiger partial charge in [-0.05, 0) is 29.8 Å². The van der Waals surface area contributed by atoms with Crippen molar-refractivity contribution in [2.75, 3.05) is 18.5 Å². The van der Waals surface area contributed by atoms with E-state index in [-0.39, 0.29) is 24.9 Å². The average Bonchev–Trinajstić information content (AvgIpc) is 2.51. The fourth-order valence-electron chi connectivity index (χ4n) is 1.88. The van der Waals surface area contributed by atoms with Gasteiger partial charge in [0.1, 0.15) is 0 Å². The third kappa shape index (κ3) is 5.18. The zero-order valence-corrected chi connectivity index (χ0v) is 14.4. The fourth-order valence-corrected chi connectivity index (χ4v) is 2.20. The molecule has 0 saturated heterocycles. The van der Waals surface area contributed by atoms with Crippen molar-refractivity contribution >= 4 is 47.2 Å². The lowest BCUT2D eigenvalue weighted by molar-refractivity contribution is -0.117. The number of rotatable bonds is 5. The van der Waals surface area contributed by atoms with Gasteiger partial charge in [-0.3, -0.25) is 4.79 Å². The minimum atomic E-state index is 0. The number of para-hydroxylation sites is 1. The van der Waals surface area contributed by atoms with E-state index >= 15 is 0 Å². The first-order chi connectivity index (χ1) is 10.1. The highest BCUT2D eigenvalue weighted by Gasteiger charge is 2.09. The average molecular weight is 360 g/mol. The van der Waals surface area contributed by atoms with Crippen molar-refractivity contribution in [3.8, 4) is 0 Å². The van der Waals surface area contributed by atoms with Crippen LogP contribution >= 0.6 is 35.6 Å². The fraction of sp³-hybridized carbons (Fsp3) is 0.188. The molecule has 2 rings (SSSR count). The highest BCUT2D eigenvalue weighted by Crippen LogP contribution is 2.22.